The van der Waals surface area contributed by atoms with Gasteiger partial charge in [0.25, 0.3) is 0 Å². The third-order valence-electron chi connectivity index (χ3n) is 2.22. The van der Waals surface area contributed by atoms with Gasteiger partial charge in [0.1, 0.15) is 11.5 Å². The highest BCUT2D eigenvalue weighted by Gasteiger charge is 2.04. The number of aromatic nitrogens is 2. The van der Waals surface area contributed by atoms with Crippen molar-refractivity contribution in [3.05, 3.63) is 53.6 Å². The number of nitrogens with zero attached hydrogens (tertiary/aromatic N) is 1. The van der Waals surface area contributed by atoms with E-state index in [1.54, 1.807) is 6.20 Å². The Labute approximate surface area is 88.2 Å². The molecule has 0 aliphatic rings. The molecule has 2 rings (SSSR count). The van der Waals surface area contributed by atoms with Crippen LogP contribution in [0, 0.1) is 0 Å². The second-order valence-electron chi connectivity index (χ2n) is 3.46. The largest absolute Gasteiger partial charge is 0.339 e. The van der Waals surface area contributed by atoms with E-state index in [2.05, 4.69) is 9.97 Å². The van der Waals surface area contributed by atoms with Crippen LogP contribution in [0.15, 0.2) is 36.5 Å². The highest BCUT2D eigenvalue weighted by Crippen LogP contribution is 2.06. The Bertz CT molecular complexity index is 459. The third kappa shape index (κ3) is 2.31. The predicted octanol–water partition coefficient (Wildman–Crippen LogP) is 2.20. The first-order valence-electron chi connectivity index (χ1n) is 4.84. The Morgan fingerprint density at radius 2 is 2.07 bits per heavy atom. The summed E-state index contributed by atoms with van der Waals surface area (Å²) in [6, 6.07) is 10.0. The van der Waals surface area contributed by atoms with Crippen molar-refractivity contribution < 1.29 is 4.79 Å². The average Bonchev–Trinajstić information content (AvgIpc) is 2.68. The lowest BCUT2D eigenvalue weighted by molar-refractivity contribution is 0.101. The van der Waals surface area contributed by atoms with E-state index >= 15 is 0 Å². The maximum atomic E-state index is 11.0. The number of hydrogen-bond acceptors (Lipinski definition) is 2. The van der Waals surface area contributed by atoms with Crippen molar-refractivity contribution >= 4 is 5.78 Å². The fourth-order valence-corrected chi connectivity index (χ4v) is 1.42. The molecule has 0 spiro atoms. The van der Waals surface area contributed by atoms with E-state index < -0.39 is 0 Å². The summed E-state index contributed by atoms with van der Waals surface area (Å²) >= 11 is 0. The third-order valence-corrected chi connectivity index (χ3v) is 2.22. The van der Waals surface area contributed by atoms with Gasteiger partial charge >= 0.3 is 0 Å². The molecule has 0 aliphatic heterocycles. The first-order valence-corrected chi connectivity index (χ1v) is 4.84. The van der Waals surface area contributed by atoms with E-state index in [9.17, 15) is 4.79 Å². The molecule has 1 heterocycles. The van der Waals surface area contributed by atoms with E-state index in [-0.39, 0.29) is 5.78 Å². The van der Waals surface area contributed by atoms with Crippen LogP contribution < -0.4 is 0 Å². The number of imidazole rings is 1. The molecule has 0 fully saturated rings. The summed E-state index contributed by atoms with van der Waals surface area (Å²) in [5.41, 5.74) is 1.75. The molecule has 76 valence electrons. The van der Waals surface area contributed by atoms with Crippen LogP contribution in [-0.2, 0) is 6.42 Å². The summed E-state index contributed by atoms with van der Waals surface area (Å²) in [5, 5.41) is 0. The Kier molecular flexibility index (Phi) is 2.63. The van der Waals surface area contributed by atoms with Crippen LogP contribution in [0.2, 0.25) is 0 Å². The number of benzene rings is 1. The number of ketones is 1. The van der Waals surface area contributed by atoms with Gasteiger partial charge < -0.3 is 4.98 Å². The first-order chi connectivity index (χ1) is 7.25. The molecule has 15 heavy (non-hydrogen) atoms. The molecular formula is C12H12N2O. The van der Waals surface area contributed by atoms with Crippen LogP contribution in [0.25, 0.3) is 0 Å². The molecule has 0 atom stereocenters. The zero-order valence-electron chi connectivity index (χ0n) is 8.53. The summed E-state index contributed by atoms with van der Waals surface area (Å²) in [7, 11) is 0. The molecule has 2 aromatic rings. The minimum Gasteiger partial charge on any atom is -0.339 e. The van der Waals surface area contributed by atoms with E-state index in [0.29, 0.717) is 5.69 Å². The summed E-state index contributed by atoms with van der Waals surface area (Å²) < 4.78 is 0. The van der Waals surface area contributed by atoms with Gasteiger partial charge in [-0.2, -0.15) is 0 Å². The molecule has 3 heteroatoms. The fraction of sp³-hybridized carbons (Fsp3) is 0.167. The van der Waals surface area contributed by atoms with Gasteiger partial charge in [0.15, 0.2) is 5.78 Å². The average molecular weight is 200 g/mol. The maximum Gasteiger partial charge on any atom is 0.177 e. The zero-order valence-corrected chi connectivity index (χ0v) is 8.53. The van der Waals surface area contributed by atoms with Gasteiger partial charge in [0.05, 0.1) is 6.20 Å². The number of H-pyrrole nitrogens is 1. The van der Waals surface area contributed by atoms with Crippen molar-refractivity contribution in [1.82, 2.24) is 9.97 Å². The molecule has 0 radical (unpaired) electrons. The van der Waals surface area contributed by atoms with Gasteiger partial charge in [-0.1, -0.05) is 30.3 Å². The smallest absolute Gasteiger partial charge is 0.177 e. The quantitative estimate of drug-likeness (QED) is 0.772. The molecule has 0 unspecified atom stereocenters. The zero-order chi connectivity index (χ0) is 10.7. The van der Waals surface area contributed by atoms with Crippen LogP contribution in [-0.4, -0.2) is 15.8 Å². The van der Waals surface area contributed by atoms with Crippen molar-refractivity contribution in [1.29, 1.82) is 0 Å². The Balaban J connectivity index is 2.15. The maximum absolute atomic E-state index is 11.0. The van der Waals surface area contributed by atoms with E-state index in [1.165, 1.54) is 12.5 Å². The van der Waals surface area contributed by atoms with Crippen molar-refractivity contribution in [3.8, 4) is 0 Å². The van der Waals surface area contributed by atoms with Gasteiger partial charge in [0.2, 0.25) is 0 Å². The minimum absolute atomic E-state index is 0.0156. The predicted molar refractivity (Wildman–Crippen MR) is 57.8 cm³/mol. The van der Waals surface area contributed by atoms with Gasteiger partial charge in [0, 0.05) is 13.3 Å². The molecule has 0 bridgehead atoms. The highest BCUT2D eigenvalue weighted by molar-refractivity contribution is 5.91. The molecule has 1 aromatic heterocycles. The fourth-order valence-electron chi connectivity index (χ4n) is 1.42. The molecule has 1 aromatic carbocycles. The van der Waals surface area contributed by atoms with Crippen LogP contribution >= 0.6 is 0 Å². The second-order valence-corrected chi connectivity index (χ2v) is 3.46. The van der Waals surface area contributed by atoms with Crippen molar-refractivity contribution in [2.75, 3.05) is 0 Å². The van der Waals surface area contributed by atoms with Gasteiger partial charge in [-0.25, -0.2) is 4.98 Å². The molecule has 0 amide bonds. The highest BCUT2D eigenvalue weighted by atomic mass is 16.1. The van der Waals surface area contributed by atoms with Crippen LogP contribution in [0.5, 0.6) is 0 Å². The van der Waals surface area contributed by atoms with Gasteiger partial charge in [-0.3, -0.25) is 4.79 Å². The van der Waals surface area contributed by atoms with Gasteiger partial charge in [-0.05, 0) is 5.56 Å². The lowest BCUT2D eigenvalue weighted by Crippen LogP contribution is -1.94. The molecule has 0 saturated heterocycles. The number of aromatic amines is 1. The summed E-state index contributed by atoms with van der Waals surface area (Å²) in [6.45, 7) is 1.53. The van der Waals surface area contributed by atoms with E-state index in [1.807, 2.05) is 30.3 Å². The van der Waals surface area contributed by atoms with Crippen LogP contribution in [0.4, 0.5) is 0 Å². The summed E-state index contributed by atoms with van der Waals surface area (Å²) in [5.74, 6) is 0.841. The first kappa shape index (κ1) is 9.65. The van der Waals surface area contributed by atoms with E-state index in [4.69, 9.17) is 0 Å². The standard InChI is InChI=1S/C12H12N2O/c1-9(15)11-8-13-12(14-11)7-10-5-3-2-4-6-10/h2-6,8H,7H2,1H3,(H,13,14). The minimum atomic E-state index is 0.0156. The van der Waals surface area contributed by atoms with Crippen molar-refractivity contribution in [2.24, 2.45) is 0 Å². The van der Waals surface area contributed by atoms with Crippen LogP contribution in [0.1, 0.15) is 28.8 Å². The Morgan fingerprint density at radius 3 is 2.67 bits per heavy atom. The Morgan fingerprint density at radius 1 is 1.33 bits per heavy atom. The van der Waals surface area contributed by atoms with E-state index in [0.717, 1.165) is 12.2 Å². The topological polar surface area (TPSA) is 45.8 Å². The number of rotatable bonds is 3. The summed E-state index contributed by atoms with van der Waals surface area (Å²) in [6.07, 6.45) is 2.31. The SMILES string of the molecule is CC(=O)c1cnc(Cc2ccccc2)[nH]1. The molecule has 3 nitrogen and oxygen atoms in total. The Hall–Kier alpha value is -1.90. The molecule has 0 saturated carbocycles. The van der Waals surface area contributed by atoms with Crippen molar-refractivity contribution in [3.63, 3.8) is 0 Å². The lowest BCUT2D eigenvalue weighted by Gasteiger charge is -1.96. The summed E-state index contributed by atoms with van der Waals surface area (Å²) in [4.78, 5) is 18.2. The number of nitrogens with one attached hydrogen (secondary N) is 1. The number of Topliss-reactive ketones (excluding diaryl/α,β-unsaturated/α-hetero) is 1. The molecule has 1 N–H and O–H groups in total. The lowest BCUT2D eigenvalue weighted by atomic mass is 10.1. The monoisotopic (exact) mass is 200 g/mol. The number of carbonyl (C=O) groups is 1. The number of hydrogen-bond donors (Lipinski definition) is 1. The number of carbonyl (C=O) groups excluding carboxylic acids is 1. The normalized spacial score (nSPS) is 10.2. The van der Waals surface area contributed by atoms with Crippen LogP contribution in [0.3, 0.4) is 0 Å². The van der Waals surface area contributed by atoms with Gasteiger partial charge in [-0.15, -0.1) is 0 Å². The molecular weight excluding hydrogens is 188 g/mol. The van der Waals surface area contributed by atoms with Crippen molar-refractivity contribution in [2.45, 2.75) is 13.3 Å². The second kappa shape index (κ2) is 4.09. The molecule has 0 aliphatic carbocycles.